The van der Waals surface area contributed by atoms with Crippen molar-refractivity contribution in [2.75, 3.05) is 21.2 Å². The third-order valence-electron chi connectivity index (χ3n) is 4.48. The van der Waals surface area contributed by atoms with Crippen LogP contribution in [0.25, 0.3) is 0 Å². The van der Waals surface area contributed by atoms with E-state index in [1.165, 1.54) is 23.8 Å². The number of fused-ring (bicyclic) bond motifs is 1. The molecule has 0 N–H and O–H groups in total. The summed E-state index contributed by atoms with van der Waals surface area (Å²) < 4.78 is 5.01. The molecule has 2 heterocycles. The van der Waals surface area contributed by atoms with Gasteiger partial charge in [0.2, 0.25) is 0 Å². The molecule has 0 bridgehead atoms. The maximum atomic E-state index is 12.6. The average Bonchev–Trinajstić information content (AvgIpc) is 2.96. The molecule has 0 spiro atoms. The molecule has 27 heavy (non-hydrogen) atoms. The maximum Gasteiger partial charge on any atom is 0.338 e. The summed E-state index contributed by atoms with van der Waals surface area (Å²) in [6.07, 6.45) is 0. The molecule has 1 aromatic rings. The number of aliphatic imine (C=N–C) groups is 1. The van der Waals surface area contributed by atoms with Gasteiger partial charge in [-0.25, -0.2) is 9.79 Å². The Hall–Kier alpha value is -2.25. The molecule has 1 unspecified atom stereocenters. The standard InChI is InChI=1S/C19H20ClN3O3S/c1-10-14(18(25)26-5)15(12-8-6-7-9-13(12)20)23-11(2)16(17(24)22(3)4)27-19(23)21-10/h6-9,15H,1-5H3. The molecule has 1 atom stereocenters. The molecule has 8 heteroatoms. The molecule has 1 amide bonds. The number of amides is 1. The smallest absolute Gasteiger partial charge is 0.338 e. The summed E-state index contributed by atoms with van der Waals surface area (Å²) >= 11 is 7.77. The van der Waals surface area contributed by atoms with E-state index < -0.39 is 12.0 Å². The Kier molecular flexibility index (Phi) is 5.35. The summed E-state index contributed by atoms with van der Waals surface area (Å²) in [5.41, 5.74) is 2.45. The first-order valence-electron chi connectivity index (χ1n) is 8.29. The average molecular weight is 406 g/mol. The van der Waals surface area contributed by atoms with Crippen molar-refractivity contribution in [2.45, 2.75) is 19.9 Å². The van der Waals surface area contributed by atoms with Gasteiger partial charge in [-0.2, -0.15) is 0 Å². The van der Waals surface area contributed by atoms with Gasteiger partial charge in [0.15, 0.2) is 5.17 Å². The normalized spacial score (nSPS) is 19.1. The molecule has 0 aromatic heterocycles. The van der Waals surface area contributed by atoms with Gasteiger partial charge in [-0.15, -0.1) is 0 Å². The highest BCUT2D eigenvalue weighted by Gasteiger charge is 2.43. The molecule has 0 saturated carbocycles. The number of nitrogens with zero attached hydrogens (tertiary/aromatic N) is 3. The van der Waals surface area contributed by atoms with E-state index in [-0.39, 0.29) is 5.91 Å². The minimum Gasteiger partial charge on any atom is -0.466 e. The van der Waals surface area contributed by atoms with E-state index in [0.29, 0.717) is 26.4 Å². The van der Waals surface area contributed by atoms with E-state index >= 15 is 0 Å². The molecule has 0 aliphatic carbocycles. The summed E-state index contributed by atoms with van der Waals surface area (Å²) in [6, 6.07) is 6.83. The summed E-state index contributed by atoms with van der Waals surface area (Å²) in [5.74, 6) is -0.574. The van der Waals surface area contributed by atoms with Gasteiger partial charge in [0, 0.05) is 24.8 Å². The first kappa shape index (κ1) is 19.5. The predicted molar refractivity (Wildman–Crippen MR) is 107 cm³/mol. The van der Waals surface area contributed by atoms with Crippen LogP contribution in [0.1, 0.15) is 25.5 Å². The molecule has 0 fully saturated rings. The number of halogens is 1. The van der Waals surface area contributed by atoms with Crippen molar-refractivity contribution in [1.29, 1.82) is 0 Å². The van der Waals surface area contributed by atoms with Crippen LogP contribution in [-0.2, 0) is 14.3 Å². The third-order valence-corrected chi connectivity index (χ3v) is 5.97. The van der Waals surface area contributed by atoms with Crippen molar-refractivity contribution in [1.82, 2.24) is 9.80 Å². The van der Waals surface area contributed by atoms with Crippen LogP contribution in [0.3, 0.4) is 0 Å². The molecule has 3 rings (SSSR count). The minimum absolute atomic E-state index is 0.107. The van der Waals surface area contributed by atoms with Crippen LogP contribution >= 0.6 is 23.4 Å². The van der Waals surface area contributed by atoms with E-state index in [4.69, 9.17) is 16.3 Å². The van der Waals surface area contributed by atoms with Gasteiger partial charge in [-0.1, -0.05) is 29.8 Å². The highest BCUT2D eigenvalue weighted by Crippen LogP contribution is 2.48. The molecule has 2 aliphatic heterocycles. The number of methoxy groups -OCH3 is 1. The number of hydrogen-bond donors (Lipinski definition) is 0. The number of carbonyl (C=O) groups is 2. The lowest BCUT2D eigenvalue weighted by atomic mass is 9.94. The van der Waals surface area contributed by atoms with Gasteiger partial charge in [-0.3, -0.25) is 4.79 Å². The van der Waals surface area contributed by atoms with Crippen LogP contribution in [0.5, 0.6) is 0 Å². The van der Waals surface area contributed by atoms with Crippen molar-refractivity contribution < 1.29 is 14.3 Å². The largest absolute Gasteiger partial charge is 0.466 e. The Morgan fingerprint density at radius 3 is 2.52 bits per heavy atom. The Bertz CT molecular complexity index is 921. The molecule has 0 saturated heterocycles. The number of rotatable bonds is 3. The number of benzene rings is 1. The first-order valence-corrected chi connectivity index (χ1v) is 9.49. The Labute approximate surface area is 167 Å². The zero-order valence-electron chi connectivity index (χ0n) is 15.7. The summed E-state index contributed by atoms with van der Waals surface area (Å²) in [5, 5.41) is 1.18. The second-order valence-electron chi connectivity index (χ2n) is 6.40. The number of allylic oxidation sites excluding steroid dienone is 2. The van der Waals surface area contributed by atoms with E-state index in [0.717, 1.165) is 11.3 Å². The van der Waals surface area contributed by atoms with Crippen LogP contribution < -0.4 is 0 Å². The minimum atomic E-state index is -0.515. The maximum absolute atomic E-state index is 12.6. The topological polar surface area (TPSA) is 62.2 Å². The third kappa shape index (κ3) is 3.26. The van der Waals surface area contributed by atoms with Gasteiger partial charge >= 0.3 is 5.97 Å². The van der Waals surface area contributed by atoms with E-state index in [9.17, 15) is 9.59 Å². The highest BCUT2D eigenvalue weighted by molar-refractivity contribution is 8.18. The van der Waals surface area contributed by atoms with Gasteiger partial charge in [0.05, 0.1) is 29.3 Å². The fourth-order valence-electron chi connectivity index (χ4n) is 3.14. The van der Waals surface area contributed by atoms with Crippen LogP contribution in [-0.4, -0.2) is 48.0 Å². The number of esters is 1. The molecular formula is C19H20ClN3O3S. The number of thioether (sulfide) groups is 1. The monoisotopic (exact) mass is 405 g/mol. The first-order chi connectivity index (χ1) is 12.8. The van der Waals surface area contributed by atoms with Gasteiger partial charge in [0.1, 0.15) is 0 Å². The lowest BCUT2D eigenvalue weighted by molar-refractivity contribution is -0.136. The van der Waals surface area contributed by atoms with E-state index in [2.05, 4.69) is 4.99 Å². The molecule has 2 aliphatic rings. The summed E-state index contributed by atoms with van der Waals surface area (Å²) in [6.45, 7) is 3.62. The van der Waals surface area contributed by atoms with E-state index in [1.807, 2.05) is 30.0 Å². The van der Waals surface area contributed by atoms with Crippen molar-refractivity contribution in [3.05, 3.63) is 56.7 Å². The molecule has 6 nitrogen and oxygen atoms in total. The number of ether oxygens (including phenoxy) is 1. The van der Waals surface area contributed by atoms with Gasteiger partial charge in [0.25, 0.3) is 5.91 Å². The van der Waals surface area contributed by atoms with Crippen molar-refractivity contribution in [3.63, 3.8) is 0 Å². The number of hydrogen-bond acceptors (Lipinski definition) is 6. The zero-order valence-corrected chi connectivity index (χ0v) is 17.3. The van der Waals surface area contributed by atoms with Gasteiger partial charge in [-0.05, 0) is 37.2 Å². The summed E-state index contributed by atoms with van der Waals surface area (Å²) in [7, 11) is 4.75. The number of carbonyl (C=O) groups excluding carboxylic acids is 2. The molecule has 1 aromatic carbocycles. The Morgan fingerprint density at radius 2 is 1.93 bits per heavy atom. The fraction of sp³-hybridized carbons (Fsp3) is 0.316. The van der Waals surface area contributed by atoms with E-state index in [1.54, 1.807) is 27.1 Å². The molecule has 0 radical (unpaired) electrons. The fourth-order valence-corrected chi connectivity index (χ4v) is 4.60. The highest BCUT2D eigenvalue weighted by atomic mass is 35.5. The van der Waals surface area contributed by atoms with Crippen LogP contribution in [0.15, 0.2) is 51.1 Å². The Morgan fingerprint density at radius 1 is 1.26 bits per heavy atom. The Balaban J connectivity index is 2.22. The number of amidine groups is 1. The van der Waals surface area contributed by atoms with Crippen LogP contribution in [0, 0.1) is 0 Å². The van der Waals surface area contributed by atoms with Crippen LogP contribution in [0.2, 0.25) is 5.02 Å². The second kappa shape index (κ2) is 7.40. The molecular weight excluding hydrogens is 386 g/mol. The quantitative estimate of drug-likeness (QED) is 0.719. The van der Waals surface area contributed by atoms with Gasteiger partial charge < -0.3 is 14.5 Å². The van der Waals surface area contributed by atoms with Crippen molar-refractivity contribution in [2.24, 2.45) is 4.99 Å². The summed E-state index contributed by atoms with van der Waals surface area (Å²) in [4.78, 5) is 33.7. The van der Waals surface area contributed by atoms with Crippen molar-refractivity contribution in [3.8, 4) is 0 Å². The SMILES string of the molecule is COC(=O)C1=C(C)N=C2SC(C(=O)N(C)C)=C(C)N2C1c1ccccc1Cl. The predicted octanol–water partition coefficient (Wildman–Crippen LogP) is 3.57. The van der Waals surface area contributed by atoms with Crippen LogP contribution in [0.4, 0.5) is 0 Å². The zero-order chi connectivity index (χ0) is 19.9. The lowest BCUT2D eigenvalue weighted by Crippen LogP contribution is -2.36. The second-order valence-corrected chi connectivity index (χ2v) is 7.78. The van der Waals surface area contributed by atoms with Crippen molar-refractivity contribution >= 4 is 40.4 Å². The lowest BCUT2D eigenvalue weighted by Gasteiger charge is -2.35. The molecule has 142 valence electrons. The number of likely N-dealkylation sites (N-methyl/N-ethyl adjacent to an activating group) is 1.